The highest BCUT2D eigenvalue weighted by Gasteiger charge is 2.15. The number of rotatable bonds is 4. The fraction of sp³-hybridized carbons (Fsp3) is 0.545. The number of nitrogens with zero attached hydrogens (tertiary/aromatic N) is 2. The highest BCUT2D eigenvalue weighted by atomic mass is 16.5. The summed E-state index contributed by atoms with van der Waals surface area (Å²) in [4.78, 5) is 19.4. The Morgan fingerprint density at radius 2 is 2.11 bits per heavy atom. The average molecular weight is 253 g/mol. The van der Waals surface area contributed by atoms with E-state index < -0.39 is 0 Å². The maximum absolute atomic E-state index is 11.6. The van der Waals surface area contributed by atoms with Gasteiger partial charge in [-0.3, -0.25) is 4.79 Å². The lowest BCUT2D eigenvalue weighted by atomic mass is 10.1. The van der Waals surface area contributed by atoms with Crippen LogP contribution in [0, 0.1) is 0 Å². The standard InChI is InChI=1S/C11H19N5O2/c1-11(2,3)16-7(17)5-13-10-8(18-4)9(12)14-6-15-10/h6H,5H2,1-4H3,(H,16,17)(H3,12,13,14,15). The van der Waals surface area contributed by atoms with Crippen LogP contribution in [0.5, 0.6) is 5.75 Å². The van der Waals surface area contributed by atoms with Crippen LogP contribution >= 0.6 is 0 Å². The van der Waals surface area contributed by atoms with Crippen molar-refractivity contribution in [1.82, 2.24) is 15.3 Å². The molecule has 1 heterocycles. The average Bonchev–Trinajstić information content (AvgIpc) is 2.24. The summed E-state index contributed by atoms with van der Waals surface area (Å²) in [5.41, 5.74) is 5.35. The summed E-state index contributed by atoms with van der Waals surface area (Å²) in [5, 5.41) is 5.68. The molecule has 0 saturated carbocycles. The fourth-order valence-electron chi connectivity index (χ4n) is 1.34. The Kier molecular flexibility index (Phi) is 4.30. The van der Waals surface area contributed by atoms with Gasteiger partial charge in [-0.25, -0.2) is 9.97 Å². The Labute approximate surface area is 106 Å². The van der Waals surface area contributed by atoms with E-state index in [0.29, 0.717) is 11.6 Å². The van der Waals surface area contributed by atoms with E-state index in [2.05, 4.69) is 20.6 Å². The number of ether oxygens (including phenoxy) is 1. The lowest BCUT2D eigenvalue weighted by molar-refractivity contribution is -0.120. The summed E-state index contributed by atoms with van der Waals surface area (Å²) in [6.45, 7) is 5.82. The Morgan fingerprint density at radius 3 is 2.67 bits per heavy atom. The zero-order chi connectivity index (χ0) is 13.8. The maximum Gasteiger partial charge on any atom is 0.239 e. The molecule has 0 fully saturated rings. The Bertz CT molecular complexity index is 428. The van der Waals surface area contributed by atoms with Gasteiger partial charge in [0.15, 0.2) is 11.6 Å². The molecule has 100 valence electrons. The lowest BCUT2D eigenvalue weighted by Gasteiger charge is -2.20. The largest absolute Gasteiger partial charge is 0.490 e. The molecule has 1 rings (SSSR count). The number of methoxy groups -OCH3 is 1. The van der Waals surface area contributed by atoms with E-state index in [1.165, 1.54) is 13.4 Å². The molecule has 0 spiro atoms. The van der Waals surface area contributed by atoms with Crippen LogP contribution in [0.4, 0.5) is 11.6 Å². The topological polar surface area (TPSA) is 102 Å². The van der Waals surface area contributed by atoms with Crippen molar-refractivity contribution in [3.8, 4) is 5.75 Å². The predicted molar refractivity (Wildman–Crippen MR) is 69.4 cm³/mol. The number of anilines is 2. The number of hydrogen-bond donors (Lipinski definition) is 3. The minimum Gasteiger partial charge on any atom is -0.490 e. The summed E-state index contributed by atoms with van der Waals surface area (Å²) in [6.07, 6.45) is 1.31. The van der Waals surface area contributed by atoms with Crippen LogP contribution in [0.3, 0.4) is 0 Å². The molecule has 7 heteroatoms. The van der Waals surface area contributed by atoms with Gasteiger partial charge in [0.1, 0.15) is 6.33 Å². The number of amides is 1. The van der Waals surface area contributed by atoms with Crippen LogP contribution < -0.4 is 21.1 Å². The number of nitrogen functional groups attached to an aromatic ring is 1. The third-order valence-electron chi connectivity index (χ3n) is 1.97. The highest BCUT2D eigenvalue weighted by molar-refractivity contribution is 5.81. The number of carbonyl (C=O) groups excluding carboxylic acids is 1. The first-order valence-electron chi connectivity index (χ1n) is 5.53. The molecule has 18 heavy (non-hydrogen) atoms. The van der Waals surface area contributed by atoms with Crippen LogP contribution in [0.2, 0.25) is 0 Å². The van der Waals surface area contributed by atoms with E-state index in [-0.39, 0.29) is 23.8 Å². The van der Waals surface area contributed by atoms with E-state index in [1.807, 2.05) is 20.8 Å². The molecule has 1 aromatic rings. The fourth-order valence-corrected chi connectivity index (χ4v) is 1.34. The van der Waals surface area contributed by atoms with Crippen molar-refractivity contribution in [3.05, 3.63) is 6.33 Å². The third kappa shape index (κ3) is 4.08. The molecular weight excluding hydrogens is 234 g/mol. The lowest BCUT2D eigenvalue weighted by Crippen LogP contribution is -2.43. The molecular formula is C11H19N5O2. The number of carbonyl (C=O) groups is 1. The first-order chi connectivity index (χ1) is 8.33. The van der Waals surface area contributed by atoms with E-state index in [0.717, 1.165) is 0 Å². The molecule has 0 aliphatic heterocycles. The third-order valence-corrected chi connectivity index (χ3v) is 1.97. The Morgan fingerprint density at radius 1 is 1.44 bits per heavy atom. The van der Waals surface area contributed by atoms with Crippen LogP contribution in [0.15, 0.2) is 6.33 Å². The molecule has 0 aliphatic rings. The van der Waals surface area contributed by atoms with Gasteiger partial charge in [-0.2, -0.15) is 0 Å². The second kappa shape index (κ2) is 5.52. The second-order valence-electron chi connectivity index (χ2n) is 4.79. The van der Waals surface area contributed by atoms with Crippen molar-refractivity contribution in [3.63, 3.8) is 0 Å². The van der Waals surface area contributed by atoms with Gasteiger partial charge in [-0.05, 0) is 20.8 Å². The monoisotopic (exact) mass is 253 g/mol. The SMILES string of the molecule is COc1c(N)ncnc1NCC(=O)NC(C)(C)C. The van der Waals surface area contributed by atoms with Crippen LogP contribution in [-0.4, -0.2) is 35.1 Å². The predicted octanol–water partition coefficient (Wildman–Crippen LogP) is 0.394. The number of nitrogens with two attached hydrogens (primary N) is 1. The summed E-state index contributed by atoms with van der Waals surface area (Å²) in [5.74, 6) is 0.822. The van der Waals surface area contributed by atoms with Gasteiger partial charge in [0, 0.05) is 5.54 Å². The van der Waals surface area contributed by atoms with Gasteiger partial charge in [0.2, 0.25) is 11.7 Å². The maximum atomic E-state index is 11.6. The zero-order valence-electron chi connectivity index (χ0n) is 11.1. The van der Waals surface area contributed by atoms with Crippen LogP contribution in [0.1, 0.15) is 20.8 Å². The van der Waals surface area contributed by atoms with Gasteiger partial charge in [-0.15, -0.1) is 0 Å². The molecule has 7 nitrogen and oxygen atoms in total. The minimum absolute atomic E-state index is 0.0874. The summed E-state index contributed by atoms with van der Waals surface area (Å²) in [7, 11) is 1.47. The summed E-state index contributed by atoms with van der Waals surface area (Å²) < 4.78 is 5.07. The Balaban J connectivity index is 2.64. The second-order valence-corrected chi connectivity index (χ2v) is 4.79. The van der Waals surface area contributed by atoms with Crippen molar-refractivity contribution in [1.29, 1.82) is 0 Å². The quantitative estimate of drug-likeness (QED) is 0.717. The smallest absolute Gasteiger partial charge is 0.239 e. The van der Waals surface area contributed by atoms with Gasteiger partial charge in [0.05, 0.1) is 13.7 Å². The highest BCUT2D eigenvalue weighted by Crippen LogP contribution is 2.25. The molecule has 1 aromatic heterocycles. The summed E-state index contributed by atoms with van der Waals surface area (Å²) >= 11 is 0. The van der Waals surface area contributed by atoms with Crippen molar-refractivity contribution in [2.24, 2.45) is 0 Å². The molecule has 1 amide bonds. The first-order valence-corrected chi connectivity index (χ1v) is 5.53. The molecule has 0 atom stereocenters. The van der Waals surface area contributed by atoms with Crippen LogP contribution in [-0.2, 0) is 4.79 Å². The van der Waals surface area contributed by atoms with Crippen molar-refractivity contribution in [2.75, 3.05) is 24.7 Å². The molecule has 0 bridgehead atoms. The zero-order valence-corrected chi connectivity index (χ0v) is 11.1. The van der Waals surface area contributed by atoms with Gasteiger partial charge >= 0.3 is 0 Å². The number of hydrogen-bond acceptors (Lipinski definition) is 6. The molecule has 0 unspecified atom stereocenters. The Hall–Kier alpha value is -2.05. The summed E-state index contributed by atoms with van der Waals surface area (Å²) in [6, 6.07) is 0. The number of aromatic nitrogens is 2. The van der Waals surface area contributed by atoms with E-state index >= 15 is 0 Å². The van der Waals surface area contributed by atoms with Crippen LogP contribution in [0.25, 0.3) is 0 Å². The van der Waals surface area contributed by atoms with E-state index in [9.17, 15) is 4.79 Å². The molecule has 0 radical (unpaired) electrons. The van der Waals surface area contributed by atoms with Crippen molar-refractivity contribution >= 4 is 17.5 Å². The van der Waals surface area contributed by atoms with E-state index in [4.69, 9.17) is 10.5 Å². The van der Waals surface area contributed by atoms with E-state index in [1.54, 1.807) is 0 Å². The first kappa shape index (κ1) is 14.0. The van der Waals surface area contributed by atoms with Crippen molar-refractivity contribution in [2.45, 2.75) is 26.3 Å². The van der Waals surface area contributed by atoms with Gasteiger partial charge < -0.3 is 21.1 Å². The van der Waals surface area contributed by atoms with Gasteiger partial charge in [0.25, 0.3) is 0 Å². The number of nitrogens with one attached hydrogen (secondary N) is 2. The molecule has 0 saturated heterocycles. The van der Waals surface area contributed by atoms with Crippen molar-refractivity contribution < 1.29 is 9.53 Å². The minimum atomic E-state index is -0.270. The molecule has 0 aliphatic carbocycles. The molecule has 0 aromatic carbocycles. The molecule has 4 N–H and O–H groups in total. The normalized spacial score (nSPS) is 10.9. The van der Waals surface area contributed by atoms with Gasteiger partial charge in [-0.1, -0.05) is 0 Å².